The zero-order chi connectivity index (χ0) is 23.6. The van der Waals surface area contributed by atoms with Crippen molar-refractivity contribution in [3.63, 3.8) is 0 Å². The minimum atomic E-state index is -1.60. The van der Waals surface area contributed by atoms with Crippen molar-refractivity contribution in [2.45, 2.75) is 37.4 Å². The largest absolute Gasteiger partial charge is 0.480 e. The summed E-state index contributed by atoms with van der Waals surface area (Å²) in [6, 6.07) is -4.13. The first-order valence-electron chi connectivity index (χ1n) is 8.89. The van der Waals surface area contributed by atoms with Crippen molar-refractivity contribution in [3.8, 4) is 0 Å². The summed E-state index contributed by atoms with van der Waals surface area (Å²) in [5.74, 6) is -5.76. The van der Waals surface area contributed by atoms with Gasteiger partial charge in [-0.05, 0) is 0 Å². The lowest BCUT2D eigenvalue weighted by molar-refractivity contribution is -0.143. The normalized spacial score (nSPS) is 13.3. The van der Waals surface area contributed by atoms with Gasteiger partial charge < -0.3 is 43.2 Å². The van der Waals surface area contributed by atoms with Gasteiger partial charge in [-0.3, -0.25) is 24.0 Å². The standard InChI is InChI=1S/C16H24N8O7/c17-8(2-11(18)25)14(28)21-5-13(27)23-9(1-7-4-20-6-22-7)15(29)24-10(16(30)31)3-12(19)26/h4,6,8-10H,1-3,5,17H2,(H2,18,25)(H2,19,26)(H,20,22)(H,21,28)(H,23,27)(H,24,29)(H,30,31). The maximum atomic E-state index is 12.5. The third-order valence-electron chi connectivity index (χ3n) is 3.83. The number of carboxylic acid groups (broad SMARTS) is 1. The molecule has 1 aromatic rings. The van der Waals surface area contributed by atoms with Crippen molar-refractivity contribution in [2.24, 2.45) is 17.2 Å². The summed E-state index contributed by atoms with van der Waals surface area (Å²) in [5, 5.41) is 15.8. The fourth-order valence-electron chi connectivity index (χ4n) is 2.35. The number of imidazole rings is 1. The number of nitrogens with two attached hydrogens (primary N) is 3. The second-order valence-electron chi connectivity index (χ2n) is 6.47. The first-order chi connectivity index (χ1) is 14.5. The van der Waals surface area contributed by atoms with E-state index >= 15 is 0 Å². The molecule has 31 heavy (non-hydrogen) atoms. The van der Waals surface area contributed by atoms with Crippen molar-refractivity contribution < 1.29 is 33.9 Å². The summed E-state index contributed by atoms with van der Waals surface area (Å²) >= 11 is 0. The Kier molecular flexibility index (Phi) is 9.58. The molecule has 0 bridgehead atoms. The fraction of sp³-hybridized carbons (Fsp3) is 0.438. The number of carbonyl (C=O) groups excluding carboxylic acids is 5. The van der Waals surface area contributed by atoms with E-state index in [1.807, 2.05) is 0 Å². The highest BCUT2D eigenvalue weighted by atomic mass is 16.4. The molecule has 170 valence electrons. The number of amides is 5. The van der Waals surface area contributed by atoms with E-state index in [1.54, 1.807) is 0 Å². The topological polar surface area (TPSA) is 265 Å². The predicted molar refractivity (Wildman–Crippen MR) is 102 cm³/mol. The number of aliphatic carboxylic acids is 1. The second-order valence-corrected chi connectivity index (χ2v) is 6.47. The number of primary amides is 2. The van der Waals surface area contributed by atoms with Crippen LogP contribution in [0.4, 0.5) is 0 Å². The number of carbonyl (C=O) groups is 6. The molecule has 15 heteroatoms. The van der Waals surface area contributed by atoms with Crippen molar-refractivity contribution in [2.75, 3.05) is 6.54 Å². The maximum Gasteiger partial charge on any atom is 0.326 e. The maximum absolute atomic E-state index is 12.5. The Morgan fingerprint density at radius 3 is 2.16 bits per heavy atom. The molecule has 0 saturated heterocycles. The highest BCUT2D eigenvalue weighted by Gasteiger charge is 2.28. The van der Waals surface area contributed by atoms with Crippen LogP contribution in [-0.4, -0.2) is 75.2 Å². The Hall–Kier alpha value is -4.01. The van der Waals surface area contributed by atoms with Gasteiger partial charge in [0.25, 0.3) is 0 Å². The third-order valence-corrected chi connectivity index (χ3v) is 3.83. The molecule has 0 aromatic carbocycles. The van der Waals surface area contributed by atoms with Crippen LogP contribution in [0.3, 0.4) is 0 Å². The number of hydrogen-bond donors (Lipinski definition) is 8. The lowest BCUT2D eigenvalue weighted by Crippen LogP contribution is -2.55. The minimum Gasteiger partial charge on any atom is -0.480 e. The molecule has 0 saturated carbocycles. The van der Waals surface area contributed by atoms with Gasteiger partial charge in [0.05, 0.1) is 31.8 Å². The van der Waals surface area contributed by atoms with Crippen LogP contribution < -0.4 is 33.2 Å². The van der Waals surface area contributed by atoms with E-state index < -0.39 is 73.0 Å². The molecule has 5 amide bonds. The van der Waals surface area contributed by atoms with Crippen LogP contribution in [0.1, 0.15) is 18.5 Å². The average Bonchev–Trinajstić information content (AvgIpc) is 3.17. The highest BCUT2D eigenvalue weighted by molar-refractivity contribution is 5.94. The van der Waals surface area contributed by atoms with E-state index in [0.29, 0.717) is 5.69 Å². The van der Waals surface area contributed by atoms with Gasteiger partial charge in [0.2, 0.25) is 29.5 Å². The van der Waals surface area contributed by atoms with E-state index in [1.165, 1.54) is 12.5 Å². The van der Waals surface area contributed by atoms with Gasteiger partial charge >= 0.3 is 5.97 Å². The summed E-state index contributed by atoms with van der Waals surface area (Å²) in [6.07, 6.45) is 1.54. The van der Waals surface area contributed by atoms with Gasteiger partial charge in [0.15, 0.2) is 0 Å². The molecule has 11 N–H and O–H groups in total. The Morgan fingerprint density at radius 1 is 1.00 bits per heavy atom. The molecule has 0 aliphatic heterocycles. The van der Waals surface area contributed by atoms with Crippen molar-refractivity contribution in [3.05, 3.63) is 18.2 Å². The van der Waals surface area contributed by atoms with Crippen LogP contribution in [0.25, 0.3) is 0 Å². The monoisotopic (exact) mass is 440 g/mol. The zero-order valence-corrected chi connectivity index (χ0v) is 16.3. The fourth-order valence-corrected chi connectivity index (χ4v) is 2.35. The number of nitrogens with zero attached hydrogens (tertiary/aromatic N) is 1. The average molecular weight is 440 g/mol. The molecule has 0 fully saturated rings. The van der Waals surface area contributed by atoms with Crippen LogP contribution in [0.2, 0.25) is 0 Å². The van der Waals surface area contributed by atoms with Crippen LogP contribution in [-0.2, 0) is 35.2 Å². The van der Waals surface area contributed by atoms with Crippen LogP contribution in [0.5, 0.6) is 0 Å². The number of nitrogens with one attached hydrogen (secondary N) is 4. The third kappa shape index (κ3) is 9.35. The Labute approximate surface area is 175 Å². The zero-order valence-electron chi connectivity index (χ0n) is 16.3. The second kappa shape index (κ2) is 11.9. The molecule has 3 unspecified atom stereocenters. The summed E-state index contributed by atoms with van der Waals surface area (Å²) in [5.41, 5.74) is 15.8. The predicted octanol–water partition coefficient (Wildman–Crippen LogP) is -4.80. The molecule has 0 aliphatic carbocycles. The van der Waals surface area contributed by atoms with Crippen molar-refractivity contribution in [1.82, 2.24) is 25.9 Å². The van der Waals surface area contributed by atoms with Gasteiger partial charge in [0.1, 0.15) is 12.1 Å². The summed E-state index contributed by atoms with van der Waals surface area (Å²) in [7, 11) is 0. The number of aromatic nitrogens is 2. The number of H-pyrrole nitrogens is 1. The molecule has 1 aromatic heterocycles. The van der Waals surface area contributed by atoms with Gasteiger partial charge in [-0.15, -0.1) is 0 Å². The highest BCUT2D eigenvalue weighted by Crippen LogP contribution is 2.01. The van der Waals surface area contributed by atoms with Crippen molar-refractivity contribution >= 4 is 35.5 Å². The first-order valence-corrected chi connectivity index (χ1v) is 8.89. The molecule has 15 nitrogen and oxygen atoms in total. The van der Waals surface area contributed by atoms with E-state index in [-0.39, 0.29) is 6.42 Å². The Bertz CT molecular complexity index is 826. The molecule has 0 spiro atoms. The molecular weight excluding hydrogens is 416 g/mol. The summed E-state index contributed by atoms with van der Waals surface area (Å²) < 4.78 is 0. The van der Waals surface area contributed by atoms with Crippen LogP contribution in [0, 0.1) is 0 Å². The summed E-state index contributed by atoms with van der Waals surface area (Å²) in [4.78, 5) is 76.0. The Morgan fingerprint density at radius 2 is 1.65 bits per heavy atom. The molecule has 3 atom stereocenters. The molecule has 1 heterocycles. The number of hydrogen-bond acceptors (Lipinski definition) is 8. The van der Waals surface area contributed by atoms with E-state index in [4.69, 9.17) is 22.3 Å². The first kappa shape index (κ1) is 25.0. The van der Waals surface area contributed by atoms with Crippen LogP contribution >= 0.6 is 0 Å². The number of rotatable bonds is 13. The quantitative estimate of drug-likeness (QED) is 0.146. The Balaban J connectivity index is 2.78. The SMILES string of the molecule is NC(=O)CC(N)C(=O)NCC(=O)NC(Cc1cnc[nH]1)C(=O)NC(CC(N)=O)C(=O)O. The minimum absolute atomic E-state index is 0.102. The van der Waals surface area contributed by atoms with E-state index in [0.717, 1.165) is 0 Å². The van der Waals surface area contributed by atoms with Gasteiger partial charge in [-0.1, -0.05) is 0 Å². The smallest absolute Gasteiger partial charge is 0.326 e. The summed E-state index contributed by atoms with van der Waals surface area (Å²) in [6.45, 7) is -0.582. The molecular formula is C16H24N8O7. The molecule has 0 radical (unpaired) electrons. The van der Waals surface area contributed by atoms with Gasteiger partial charge in [0, 0.05) is 18.3 Å². The lowest BCUT2D eigenvalue weighted by atomic mass is 10.1. The lowest BCUT2D eigenvalue weighted by Gasteiger charge is -2.21. The number of carboxylic acids is 1. The van der Waals surface area contributed by atoms with E-state index in [2.05, 4.69) is 25.9 Å². The van der Waals surface area contributed by atoms with Crippen LogP contribution in [0.15, 0.2) is 12.5 Å². The number of aromatic amines is 1. The van der Waals surface area contributed by atoms with Gasteiger partial charge in [-0.25, -0.2) is 9.78 Å². The molecule has 0 aliphatic rings. The van der Waals surface area contributed by atoms with E-state index in [9.17, 15) is 28.8 Å². The van der Waals surface area contributed by atoms with Gasteiger partial charge in [-0.2, -0.15) is 0 Å². The van der Waals surface area contributed by atoms with Crippen molar-refractivity contribution in [1.29, 1.82) is 0 Å². The molecule has 1 rings (SSSR count).